The van der Waals surface area contributed by atoms with Crippen LogP contribution in [-0.2, 0) is 0 Å². The molecule has 2 aliphatic heterocycles. The predicted octanol–water partition coefficient (Wildman–Crippen LogP) is 3.27. The Kier molecular flexibility index (Phi) is 3.63. The first-order chi connectivity index (χ1) is 8.54. The van der Waals surface area contributed by atoms with E-state index in [1.165, 1.54) is 11.3 Å². The third kappa shape index (κ3) is 2.63. The highest BCUT2D eigenvalue weighted by molar-refractivity contribution is 5.90. The predicted molar refractivity (Wildman–Crippen MR) is 77.2 cm³/mol. The maximum absolute atomic E-state index is 5.41. The molecule has 0 fully saturated rings. The molecule has 1 atom stereocenters. The number of benzene rings is 1. The summed E-state index contributed by atoms with van der Waals surface area (Å²) in [4.78, 5) is 0. The molecule has 0 spiro atoms. The lowest BCUT2D eigenvalue weighted by Gasteiger charge is -2.18. The standard InChI is InChI=1S/C14H18N2O2.ClH/c1-14(2,3)13-7-10(15-16-13)9-4-5-11-12(6-9)18-8-17-11;/h4-6,10,15H,7-8H2,1-3H3;1H. The highest BCUT2D eigenvalue weighted by atomic mass is 35.5. The van der Waals surface area contributed by atoms with Crippen LogP contribution >= 0.6 is 12.4 Å². The van der Waals surface area contributed by atoms with E-state index in [1.54, 1.807) is 0 Å². The molecule has 104 valence electrons. The molecule has 4 nitrogen and oxygen atoms in total. The fourth-order valence-electron chi connectivity index (χ4n) is 2.24. The Morgan fingerprint density at radius 3 is 2.63 bits per heavy atom. The van der Waals surface area contributed by atoms with Crippen LogP contribution < -0.4 is 14.9 Å². The number of nitrogens with one attached hydrogen (secondary N) is 1. The van der Waals surface area contributed by atoms with E-state index in [2.05, 4.69) is 37.4 Å². The minimum Gasteiger partial charge on any atom is -0.454 e. The Labute approximate surface area is 119 Å². The number of fused-ring (bicyclic) bond motifs is 1. The van der Waals surface area contributed by atoms with Crippen molar-refractivity contribution < 1.29 is 9.47 Å². The zero-order valence-electron chi connectivity index (χ0n) is 11.4. The van der Waals surface area contributed by atoms with E-state index in [-0.39, 0.29) is 23.9 Å². The van der Waals surface area contributed by atoms with Crippen LogP contribution in [0.2, 0.25) is 0 Å². The maximum atomic E-state index is 5.41. The number of rotatable bonds is 1. The van der Waals surface area contributed by atoms with Gasteiger partial charge in [-0.15, -0.1) is 12.4 Å². The van der Waals surface area contributed by atoms with Crippen molar-refractivity contribution >= 4 is 18.1 Å². The van der Waals surface area contributed by atoms with Gasteiger partial charge in [0.2, 0.25) is 6.79 Å². The van der Waals surface area contributed by atoms with Gasteiger partial charge in [-0.2, -0.15) is 5.10 Å². The first kappa shape index (κ1) is 14.0. The van der Waals surface area contributed by atoms with Gasteiger partial charge < -0.3 is 14.9 Å². The second-order valence-electron chi connectivity index (χ2n) is 5.81. The van der Waals surface area contributed by atoms with Gasteiger partial charge in [0.1, 0.15) is 0 Å². The summed E-state index contributed by atoms with van der Waals surface area (Å²) in [7, 11) is 0. The first-order valence-electron chi connectivity index (χ1n) is 6.26. The van der Waals surface area contributed by atoms with Crippen LogP contribution in [0.5, 0.6) is 11.5 Å². The number of hydrogen-bond donors (Lipinski definition) is 1. The Hall–Kier alpha value is -1.42. The van der Waals surface area contributed by atoms with Crippen molar-refractivity contribution in [3.8, 4) is 11.5 Å². The largest absolute Gasteiger partial charge is 0.454 e. The van der Waals surface area contributed by atoms with E-state index in [0.717, 1.165) is 17.9 Å². The van der Waals surface area contributed by atoms with Gasteiger partial charge in [0.05, 0.1) is 6.04 Å². The van der Waals surface area contributed by atoms with Crippen molar-refractivity contribution in [3.05, 3.63) is 23.8 Å². The van der Waals surface area contributed by atoms with Crippen LogP contribution in [0.15, 0.2) is 23.3 Å². The average molecular weight is 283 g/mol. The molecule has 5 heteroatoms. The minimum atomic E-state index is 0. The van der Waals surface area contributed by atoms with Gasteiger partial charge in [0.15, 0.2) is 11.5 Å². The summed E-state index contributed by atoms with van der Waals surface area (Å²) in [5, 5.41) is 4.45. The average Bonchev–Trinajstić information content (AvgIpc) is 2.96. The Balaban J connectivity index is 0.00000133. The highest BCUT2D eigenvalue weighted by Gasteiger charge is 2.29. The molecular weight excluding hydrogens is 264 g/mol. The van der Waals surface area contributed by atoms with Crippen LogP contribution in [-0.4, -0.2) is 12.5 Å². The van der Waals surface area contributed by atoms with Gasteiger partial charge in [0, 0.05) is 17.5 Å². The summed E-state index contributed by atoms with van der Waals surface area (Å²) in [6, 6.07) is 6.33. The van der Waals surface area contributed by atoms with Crippen LogP contribution in [0, 0.1) is 5.41 Å². The number of ether oxygens (including phenoxy) is 2. The first-order valence-corrected chi connectivity index (χ1v) is 6.26. The van der Waals surface area contributed by atoms with E-state index in [1.807, 2.05) is 12.1 Å². The molecule has 1 aromatic carbocycles. The topological polar surface area (TPSA) is 42.9 Å². The van der Waals surface area contributed by atoms with Gasteiger partial charge in [-0.05, 0) is 17.7 Å². The molecule has 0 aliphatic carbocycles. The lowest BCUT2D eigenvalue weighted by Crippen LogP contribution is -2.18. The zero-order chi connectivity index (χ0) is 12.8. The molecule has 0 saturated heterocycles. The van der Waals surface area contributed by atoms with Crippen LogP contribution in [0.25, 0.3) is 0 Å². The van der Waals surface area contributed by atoms with Crippen molar-refractivity contribution in [2.45, 2.75) is 33.2 Å². The van der Waals surface area contributed by atoms with Crippen LogP contribution in [0.3, 0.4) is 0 Å². The van der Waals surface area contributed by atoms with E-state index in [0.29, 0.717) is 6.79 Å². The molecular formula is C14H19ClN2O2. The molecule has 1 unspecified atom stereocenters. The third-order valence-corrected chi connectivity index (χ3v) is 3.42. The lowest BCUT2D eigenvalue weighted by atomic mass is 9.86. The van der Waals surface area contributed by atoms with Crippen LogP contribution in [0.1, 0.15) is 38.8 Å². The maximum Gasteiger partial charge on any atom is 0.231 e. The highest BCUT2D eigenvalue weighted by Crippen LogP contribution is 2.36. The Morgan fingerprint density at radius 2 is 1.95 bits per heavy atom. The summed E-state index contributed by atoms with van der Waals surface area (Å²) >= 11 is 0. The fraction of sp³-hybridized carbons (Fsp3) is 0.500. The van der Waals surface area contributed by atoms with E-state index < -0.39 is 0 Å². The summed E-state index contributed by atoms with van der Waals surface area (Å²) in [5.41, 5.74) is 5.75. The molecule has 0 amide bonds. The van der Waals surface area contributed by atoms with Crippen molar-refractivity contribution in [1.29, 1.82) is 0 Å². The fourth-order valence-corrected chi connectivity index (χ4v) is 2.24. The SMILES string of the molecule is CC(C)(C)C1=NNC(c2ccc3c(c2)OCO3)C1.Cl. The van der Waals surface area contributed by atoms with Crippen LogP contribution in [0.4, 0.5) is 0 Å². The van der Waals surface area contributed by atoms with Crippen molar-refractivity contribution in [2.24, 2.45) is 10.5 Å². The molecule has 1 N–H and O–H groups in total. The number of halogens is 1. The summed E-state index contributed by atoms with van der Waals surface area (Å²) in [6.45, 7) is 6.89. The van der Waals surface area contributed by atoms with Crippen molar-refractivity contribution in [3.63, 3.8) is 0 Å². The third-order valence-electron chi connectivity index (χ3n) is 3.42. The molecule has 2 heterocycles. The minimum absolute atomic E-state index is 0. The Bertz CT molecular complexity index is 509. The normalized spacial score (nSPS) is 20.6. The lowest BCUT2D eigenvalue weighted by molar-refractivity contribution is 0.174. The van der Waals surface area contributed by atoms with Gasteiger partial charge in [-0.25, -0.2) is 0 Å². The zero-order valence-corrected chi connectivity index (χ0v) is 12.2. The quantitative estimate of drug-likeness (QED) is 0.860. The Morgan fingerprint density at radius 1 is 1.21 bits per heavy atom. The molecule has 0 aromatic heterocycles. The number of nitrogens with zero attached hydrogens (tertiary/aromatic N) is 1. The van der Waals surface area contributed by atoms with Gasteiger partial charge in [-0.1, -0.05) is 26.8 Å². The second kappa shape index (κ2) is 4.93. The molecule has 2 aliphatic rings. The molecule has 0 radical (unpaired) electrons. The molecule has 1 aromatic rings. The van der Waals surface area contributed by atoms with E-state index in [9.17, 15) is 0 Å². The number of hydrogen-bond acceptors (Lipinski definition) is 4. The van der Waals surface area contributed by atoms with Gasteiger partial charge >= 0.3 is 0 Å². The molecule has 19 heavy (non-hydrogen) atoms. The number of hydrazone groups is 1. The van der Waals surface area contributed by atoms with Gasteiger partial charge in [-0.3, -0.25) is 0 Å². The summed E-state index contributed by atoms with van der Waals surface area (Å²) in [6.07, 6.45) is 0.948. The van der Waals surface area contributed by atoms with E-state index in [4.69, 9.17) is 9.47 Å². The smallest absolute Gasteiger partial charge is 0.231 e. The second-order valence-corrected chi connectivity index (χ2v) is 5.81. The molecule has 0 saturated carbocycles. The molecule has 0 bridgehead atoms. The summed E-state index contributed by atoms with van der Waals surface area (Å²) < 4.78 is 10.7. The van der Waals surface area contributed by atoms with Crippen molar-refractivity contribution in [2.75, 3.05) is 6.79 Å². The van der Waals surface area contributed by atoms with Crippen molar-refractivity contribution in [1.82, 2.24) is 5.43 Å². The summed E-state index contributed by atoms with van der Waals surface area (Å²) in [5.74, 6) is 1.66. The monoisotopic (exact) mass is 282 g/mol. The van der Waals surface area contributed by atoms with Gasteiger partial charge in [0.25, 0.3) is 0 Å². The molecule has 3 rings (SSSR count). The van der Waals surface area contributed by atoms with E-state index >= 15 is 0 Å².